The normalized spacial score (nSPS) is 22.4. The molecule has 8 N–H and O–H groups in total. The van der Waals surface area contributed by atoms with Crippen molar-refractivity contribution in [1.82, 2.24) is 59.1 Å². The highest BCUT2D eigenvalue weighted by molar-refractivity contribution is 9.11. The molecular weight excluding hydrogens is 1440 g/mol. The molecule has 7 atom stereocenters. The van der Waals surface area contributed by atoms with E-state index in [0.717, 1.165) is 126 Å². The SMILES string of the molecule is CB(O)N1CC(F)(F)C[C@H]1c1nc2c(ccc3cc(Br)ccc32)[nH]1.CB(O)N1CCC[C@H]1c1nc2c(ccc3cc(Br)ccc32)[nH]1.CB(O)N1C[C@H](F)C[C@H]1c1nc2c(ccc3cc(Br)ccc32)[nH]1.CB(O)N1[C@@H]2CC[C@@H](C2)[C@H]1c1nc2c(ccc3cc(Br)ccc32)[nH]1. The van der Waals surface area contributed by atoms with Crippen molar-refractivity contribution in [1.29, 1.82) is 0 Å². The van der Waals surface area contributed by atoms with E-state index in [4.69, 9.17) is 15.0 Å². The molecule has 4 aromatic heterocycles. The minimum absolute atomic E-state index is 0.179. The number of fused-ring (bicyclic) bond motifs is 14. The second kappa shape index (κ2) is 26.1. The van der Waals surface area contributed by atoms with Gasteiger partial charge >= 0.3 is 28.2 Å². The number of alkyl halides is 3. The molecule has 8 heterocycles. The quantitative estimate of drug-likeness (QED) is 0.0669. The number of aromatic nitrogens is 8. The average molecular weight is 1510 g/mol. The minimum Gasteiger partial charge on any atom is -0.437 e. The number of imidazole rings is 4. The predicted molar refractivity (Wildman–Crippen MR) is 383 cm³/mol. The molecule has 5 fully saturated rings. The van der Waals surface area contributed by atoms with E-state index in [2.05, 4.69) is 159 Å². The van der Waals surface area contributed by atoms with Gasteiger partial charge in [0.1, 0.15) is 29.5 Å². The van der Waals surface area contributed by atoms with Gasteiger partial charge in [0.05, 0.1) is 74.8 Å². The summed E-state index contributed by atoms with van der Waals surface area (Å²) in [4.78, 5) is 40.1. The van der Waals surface area contributed by atoms with Crippen molar-refractivity contribution < 1.29 is 33.3 Å². The molecule has 93 heavy (non-hydrogen) atoms. The Kier molecular flexibility index (Phi) is 18.1. The summed E-state index contributed by atoms with van der Waals surface area (Å²) in [6.45, 7) is 7.59. The summed E-state index contributed by atoms with van der Waals surface area (Å²) in [6, 6.07) is 41.0. The molecule has 27 heteroatoms. The third-order valence-corrected chi connectivity index (χ3v) is 21.4. The van der Waals surface area contributed by atoms with Crippen molar-refractivity contribution in [3.05, 3.63) is 163 Å². The van der Waals surface area contributed by atoms with Crippen LogP contribution in [-0.2, 0) is 0 Å². The van der Waals surface area contributed by atoms with Crippen LogP contribution in [0.2, 0.25) is 27.3 Å². The molecule has 4 saturated heterocycles. The fourth-order valence-corrected chi connectivity index (χ4v) is 16.7. The lowest BCUT2D eigenvalue weighted by molar-refractivity contribution is 0.0161. The monoisotopic (exact) mass is 1510 g/mol. The van der Waals surface area contributed by atoms with Gasteiger partial charge in [-0.25, -0.2) is 33.1 Å². The molecule has 0 amide bonds. The second-order valence-corrected chi connectivity index (χ2v) is 29.3. The van der Waals surface area contributed by atoms with Gasteiger partial charge < -0.3 is 59.3 Å². The Hall–Kier alpha value is -5.67. The van der Waals surface area contributed by atoms with Crippen molar-refractivity contribution in [2.24, 2.45) is 5.92 Å². The number of rotatable bonds is 8. The lowest BCUT2D eigenvalue weighted by Crippen LogP contribution is -2.44. The number of hydrogen-bond donors (Lipinski definition) is 8. The number of aromatic amines is 4. The van der Waals surface area contributed by atoms with Gasteiger partial charge in [0.15, 0.2) is 0 Å². The van der Waals surface area contributed by atoms with Crippen LogP contribution < -0.4 is 0 Å². The molecule has 1 saturated carbocycles. The number of benzene rings is 8. The van der Waals surface area contributed by atoms with E-state index in [1.54, 1.807) is 11.6 Å². The number of halogens is 7. The van der Waals surface area contributed by atoms with Crippen LogP contribution in [0.5, 0.6) is 0 Å². The summed E-state index contributed by atoms with van der Waals surface area (Å²) >= 11 is 14.0. The number of nitrogens with one attached hydrogen (secondary N) is 4. The maximum atomic E-state index is 13.8. The lowest BCUT2D eigenvalue weighted by atomic mass is 9.79. The molecule has 16 nitrogen and oxygen atoms in total. The molecule has 12 aromatic rings. The summed E-state index contributed by atoms with van der Waals surface area (Å²) in [6.07, 6.45) is 4.83. The molecule has 4 aliphatic heterocycles. The van der Waals surface area contributed by atoms with Gasteiger partial charge in [-0.05, 0) is 166 Å². The first-order chi connectivity index (χ1) is 44.6. The smallest absolute Gasteiger partial charge is 0.377 e. The van der Waals surface area contributed by atoms with Crippen LogP contribution in [0.3, 0.4) is 0 Å². The summed E-state index contributed by atoms with van der Waals surface area (Å²) < 4.78 is 45.7. The van der Waals surface area contributed by atoms with Crippen LogP contribution in [0.4, 0.5) is 13.2 Å². The largest absolute Gasteiger partial charge is 0.437 e. The van der Waals surface area contributed by atoms with Gasteiger partial charge in [-0.2, -0.15) is 0 Å². The molecule has 0 radical (unpaired) electrons. The maximum Gasteiger partial charge on any atom is 0.377 e. The van der Waals surface area contributed by atoms with E-state index in [1.807, 2.05) is 74.3 Å². The molecule has 17 rings (SSSR count). The fourth-order valence-electron chi connectivity index (χ4n) is 15.2. The van der Waals surface area contributed by atoms with Gasteiger partial charge in [-0.15, -0.1) is 0 Å². The Morgan fingerprint density at radius 2 is 0.882 bits per heavy atom. The van der Waals surface area contributed by atoms with Gasteiger partial charge in [0.25, 0.3) is 5.92 Å². The highest BCUT2D eigenvalue weighted by Gasteiger charge is 2.51. The van der Waals surface area contributed by atoms with Crippen molar-refractivity contribution in [3.63, 3.8) is 0 Å². The van der Waals surface area contributed by atoms with Crippen LogP contribution in [0, 0.1) is 5.92 Å². The minimum atomic E-state index is -2.83. The first-order valence-corrected chi connectivity index (χ1v) is 34.9. The zero-order valence-corrected chi connectivity index (χ0v) is 57.8. The Morgan fingerprint density at radius 1 is 0.473 bits per heavy atom. The highest BCUT2D eigenvalue weighted by Crippen LogP contribution is 2.50. The highest BCUT2D eigenvalue weighted by atomic mass is 79.9. The van der Waals surface area contributed by atoms with Crippen LogP contribution >= 0.6 is 63.7 Å². The summed E-state index contributed by atoms with van der Waals surface area (Å²) in [5, 5.41) is 48.8. The van der Waals surface area contributed by atoms with Crippen molar-refractivity contribution >= 4 is 179 Å². The summed E-state index contributed by atoms with van der Waals surface area (Å²) in [7, 11) is -2.51. The predicted octanol–water partition coefficient (Wildman–Crippen LogP) is 15.5. The van der Waals surface area contributed by atoms with Crippen LogP contribution in [0.1, 0.15) is 92.4 Å². The summed E-state index contributed by atoms with van der Waals surface area (Å²) in [5.41, 5.74) is 7.56. The third-order valence-electron chi connectivity index (χ3n) is 19.4. The van der Waals surface area contributed by atoms with Crippen molar-refractivity contribution in [2.75, 3.05) is 19.6 Å². The van der Waals surface area contributed by atoms with E-state index in [9.17, 15) is 33.3 Å². The first kappa shape index (κ1) is 64.7. The topological polar surface area (TPSA) is 209 Å². The second-order valence-electron chi connectivity index (χ2n) is 25.6. The summed E-state index contributed by atoms with van der Waals surface area (Å²) in [5.74, 6) is 0.936. The Morgan fingerprint density at radius 3 is 1.31 bits per heavy atom. The van der Waals surface area contributed by atoms with E-state index < -0.39 is 52.9 Å². The van der Waals surface area contributed by atoms with Crippen LogP contribution in [0.25, 0.3) is 87.2 Å². The van der Waals surface area contributed by atoms with Crippen LogP contribution in [0.15, 0.2) is 139 Å². The Bertz CT molecular complexity index is 4790. The van der Waals surface area contributed by atoms with Crippen molar-refractivity contribution in [2.45, 2.75) is 115 Å². The molecule has 0 spiro atoms. The molecule has 476 valence electrons. The van der Waals surface area contributed by atoms with Gasteiger partial charge in [-0.3, -0.25) is 0 Å². The number of piperidine rings is 1. The van der Waals surface area contributed by atoms with Gasteiger partial charge in [-0.1, -0.05) is 112 Å². The van der Waals surface area contributed by atoms with Crippen LogP contribution in [-0.4, -0.2) is 145 Å². The zero-order chi connectivity index (χ0) is 64.9. The third kappa shape index (κ3) is 12.8. The first-order valence-electron chi connectivity index (χ1n) is 31.7. The number of hydrogen-bond acceptors (Lipinski definition) is 12. The van der Waals surface area contributed by atoms with E-state index in [0.29, 0.717) is 24.2 Å². The number of H-pyrrole nitrogens is 4. The fraction of sp³-hybridized carbons (Fsp3) is 0.333. The zero-order valence-electron chi connectivity index (χ0n) is 51.5. The van der Waals surface area contributed by atoms with E-state index >= 15 is 0 Å². The average Bonchev–Trinajstić information content (AvgIpc) is 1.62. The van der Waals surface area contributed by atoms with E-state index in [-0.39, 0.29) is 31.1 Å². The van der Waals surface area contributed by atoms with Crippen molar-refractivity contribution in [3.8, 4) is 0 Å². The molecule has 8 aromatic carbocycles. The van der Waals surface area contributed by atoms with Gasteiger partial charge in [0.2, 0.25) is 0 Å². The number of nitrogens with zero attached hydrogens (tertiary/aromatic N) is 8. The Labute approximate surface area is 569 Å². The molecular formula is C66H67B4Br4F3N12O4. The lowest BCUT2D eigenvalue weighted by Gasteiger charge is -2.34. The molecule has 2 bridgehead atoms. The standard InChI is InChI=1S/C18H19BBrN3O.C16H15BBrF2N3O.C16H16BBrFN3O.C16H17BBrN3O/c1-19(24)23-13-5-2-11(9-13)17(23)18-21-15-7-3-10-8-12(20)4-6-14(10)16(15)22-18;1-17(24)23-8-16(19,20)7-13(23)15-21-12-5-2-9-6-10(18)3-4-11(9)14(12)22-15;1-17(23)22-8-11(19)7-14(22)16-20-13-5-2-9-6-10(18)3-4-12(9)15(13)21-16;1-17(22)21-8-2-3-14(21)16-19-13-7-4-10-9-11(18)5-6-12(10)15(13)20-16/h3-4,6-8,11,13,17,24H,2,5,9H2,1H3,(H,21,22);2-6,13,24H,7-8H2,1H3,(H,21,22);2-6,11,14,23H,7-8H2,1H3,(H,20,21);4-7,9,14,22H,2-3,8H2,1H3,(H,19,20)/t11-,13+,17-;13-;11-,14+;14-/m0010/s1. The Balaban J connectivity index is 0.000000107. The molecule has 1 aliphatic carbocycles. The van der Waals surface area contributed by atoms with Gasteiger partial charge in [0, 0.05) is 64.9 Å². The maximum absolute atomic E-state index is 13.8. The van der Waals surface area contributed by atoms with E-state index in [1.165, 1.54) is 47.1 Å². The molecule has 5 aliphatic rings. The molecule has 0 unspecified atom stereocenters.